The minimum Gasteiger partial charge on any atom is -0.317 e. The molecule has 3 heteroatoms. The maximum absolute atomic E-state index is 3.73. The van der Waals surface area contributed by atoms with Crippen molar-refractivity contribution < 1.29 is 0 Å². The third-order valence-electron chi connectivity index (χ3n) is 4.42. The van der Waals surface area contributed by atoms with Crippen LogP contribution in [0.15, 0.2) is 0 Å². The summed E-state index contributed by atoms with van der Waals surface area (Å²) in [5, 5.41) is 7.21. The summed E-state index contributed by atoms with van der Waals surface area (Å²) in [7, 11) is 2.30. The highest BCUT2D eigenvalue weighted by Gasteiger charge is 2.19. The van der Waals surface area contributed by atoms with E-state index in [0.29, 0.717) is 0 Å². The third-order valence-corrected chi connectivity index (χ3v) is 4.42. The lowest BCUT2D eigenvalue weighted by Gasteiger charge is -2.25. The molecule has 2 rings (SSSR count). The first kappa shape index (κ1) is 13.3. The first-order valence-corrected chi connectivity index (χ1v) is 7.50. The molecule has 2 fully saturated rings. The molecule has 0 aromatic rings. The molecule has 3 nitrogen and oxygen atoms in total. The Bertz CT molecular complexity index is 192. The fourth-order valence-corrected chi connectivity index (χ4v) is 3.20. The van der Waals surface area contributed by atoms with Crippen molar-refractivity contribution in [1.82, 2.24) is 15.5 Å². The van der Waals surface area contributed by atoms with Gasteiger partial charge in [-0.25, -0.2) is 0 Å². The van der Waals surface area contributed by atoms with E-state index in [-0.39, 0.29) is 0 Å². The van der Waals surface area contributed by atoms with E-state index >= 15 is 0 Å². The molecule has 17 heavy (non-hydrogen) atoms. The average Bonchev–Trinajstić information content (AvgIpc) is 2.75. The van der Waals surface area contributed by atoms with Gasteiger partial charge in [-0.3, -0.25) is 0 Å². The maximum Gasteiger partial charge on any atom is 0.0107 e. The summed E-state index contributed by atoms with van der Waals surface area (Å²) in [5.41, 5.74) is 0. The van der Waals surface area contributed by atoms with Crippen LogP contribution < -0.4 is 10.6 Å². The van der Waals surface area contributed by atoms with Crippen LogP contribution >= 0.6 is 0 Å². The molecule has 0 aromatic heterocycles. The normalized spacial score (nSPS) is 27.5. The molecule has 0 bridgehead atoms. The lowest BCUT2D eigenvalue weighted by molar-refractivity contribution is 0.241. The fourth-order valence-electron chi connectivity index (χ4n) is 3.20. The van der Waals surface area contributed by atoms with Crippen molar-refractivity contribution >= 4 is 0 Å². The summed E-state index contributed by atoms with van der Waals surface area (Å²) in [6.07, 6.45) is 9.70. The van der Waals surface area contributed by atoms with Gasteiger partial charge in [-0.05, 0) is 52.2 Å². The summed E-state index contributed by atoms with van der Waals surface area (Å²) >= 11 is 0. The van der Waals surface area contributed by atoms with Gasteiger partial charge in [0.15, 0.2) is 0 Å². The Morgan fingerprint density at radius 1 is 1.06 bits per heavy atom. The second-order valence-corrected chi connectivity index (χ2v) is 5.75. The smallest absolute Gasteiger partial charge is 0.0107 e. The van der Waals surface area contributed by atoms with Gasteiger partial charge in [0.2, 0.25) is 0 Å². The van der Waals surface area contributed by atoms with Crippen LogP contribution in [-0.4, -0.2) is 50.2 Å². The van der Waals surface area contributed by atoms with Gasteiger partial charge in [0.1, 0.15) is 0 Å². The molecule has 2 aliphatic rings. The van der Waals surface area contributed by atoms with E-state index in [9.17, 15) is 0 Å². The van der Waals surface area contributed by atoms with Crippen molar-refractivity contribution in [2.75, 3.05) is 33.2 Å². The molecule has 1 unspecified atom stereocenters. The second-order valence-electron chi connectivity index (χ2n) is 5.75. The number of rotatable bonds is 5. The topological polar surface area (TPSA) is 27.3 Å². The molecule has 2 N–H and O–H groups in total. The Morgan fingerprint density at radius 2 is 1.88 bits per heavy atom. The quantitative estimate of drug-likeness (QED) is 0.763. The second kappa shape index (κ2) is 7.34. The van der Waals surface area contributed by atoms with E-state index in [4.69, 9.17) is 0 Å². The lowest BCUT2D eigenvalue weighted by atomic mass is 10.1. The largest absolute Gasteiger partial charge is 0.317 e. The van der Waals surface area contributed by atoms with Gasteiger partial charge < -0.3 is 15.5 Å². The molecule has 1 heterocycles. The molecule has 1 aliphatic carbocycles. The SMILES string of the molecule is CN(CCNC1CCCNCC1)C1CCCC1. The molecule has 0 radical (unpaired) electrons. The van der Waals surface area contributed by atoms with E-state index < -0.39 is 0 Å². The van der Waals surface area contributed by atoms with Crippen molar-refractivity contribution in [2.45, 2.75) is 57.0 Å². The average molecular weight is 239 g/mol. The molecule has 1 saturated heterocycles. The molecule has 1 aliphatic heterocycles. The minimum atomic E-state index is 0.752. The van der Waals surface area contributed by atoms with E-state index in [1.807, 2.05) is 0 Å². The van der Waals surface area contributed by atoms with E-state index in [2.05, 4.69) is 22.6 Å². The molecule has 0 aromatic carbocycles. The Morgan fingerprint density at radius 3 is 2.71 bits per heavy atom. The molecule has 100 valence electrons. The van der Waals surface area contributed by atoms with Gasteiger partial charge in [-0.15, -0.1) is 0 Å². The summed E-state index contributed by atoms with van der Waals surface area (Å²) in [6.45, 7) is 4.78. The van der Waals surface area contributed by atoms with Crippen LogP contribution in [0.25, 0.3) is 0 Å². The fraction of sp³-hybridized carbons (Fsp3) is 1.00. The van der Waals surface area contributed by atoms with E-state index in [1.165, 1.54) is 64.6 Å². The summed E-state index contributed by atoms with van der Waals surface area (Å²) in [5.74, 6) is 0. The van der Waals surface area contributed by atoms with Crippen molar-refractivity contribution in [3.05, 3.63) is 0 Å². The standard InChI is InChI=1S/C14H29N3/c1-17(14-6-2-3-7-14)12-11-16-13-5-4-9-15-10-8-13/h13-16H,2-12H2,1H3. The van der Waals surface area contributed by atoms with Crippen LogP contribution in [0.5, 0.6) is 0 Å². The zero-order chi connectivity index (χ0) is 11.9. The highest BCUT2D eigenvalue weighted by Crippen LogP contribution is 2.21. The van der Waals surface area contributed by atoms with Crippen molar-refractivity contribution in [3.8, 4) is 0 Å². The molecule has 0 amide bonds. The maximum atomic E-state index is 3.73. The van der Waals surface area contributed by atoms with E-state index in [1.54, 1.807) is 0 Å². The van der Waals surface area contributed by atoms with Gasteiger partial charge >= 0.3 is 0 Å². The van der Waals surface area contributed by atoms with Crippen LogP contribution in [0.1, 0.15) is 44.9 Å². The van der Waals surface area contributed by atoms with Crippen LogP contribution in [0.3, 0.4) is 0 Å². The van der Waals surface area contributed by atoms with Gasteiger partial charge in [0.25, 0.3) is 0 Å². The minimum absolute atomic E-state index is 0.752. The molecular formula is C14H29N3. The van der Waals surface area contributed by atoms with Crippen molar-refractivity contribution in [2.24, 2.45) is 0 Å². The molecule has 1 atom stereocenters. The summed E-state index contributed by atoms with van der Waals surface area (Å²) in [6, 6.07) is 1.62. The van der Waals surface area contributed by atoms with Crippen molar-refractivity contribution in [1.29, 1.82) is 0 Å². The summed E-state index contributed by atoms with van der Waals surface area (Å²) < 4.78 is 0. The molecule has 1 saturated carbocycles. The number of likely N-dealkylation sites (N-methyl/N-ethyl adjacent to an activating group) is 1. The zero-order valence-corrected chi connectivity index (χ0v) is 11.4. The Hall–Kier alpha value is -0.120. The Kier molecular flexibility index (Phi) is 5.75. The van der Waals surface area contributed by atoms with Gasteiger partial charge in [0, 0.05) is 25.2 Å². The van der Waals surface area contributed by atoms with Gasteiger partial charge in [-0.1, -0.05) is 12.8 Å². The third kappa shape index (κ3) is 4.57. The first-order chi connectivity index (χ1) is 8.36. The highest BCUT2D eigenvalue weighted by atomic mass is 15.1. The summed E-state index contributed by atoms with van der Waals surface area (Å²) in [4.78, 5) is 2.56. The Balaban J connectivity index is 1.57. The van der Waals surface area contributed by atoms with Crippen LogP contribution in [0, 0.1) is 0 Å². The van der Waals surface area contributed by atoms with Gasteiger partial charge in [-0.2, -0.15) is 0 Å². The lowest BCUT2D eigenvalue weighted by Crippen LogP contribution is -2.39. The van der Waals surface area contributed by atoms with Crippen molar-refractivity contribution in [3.63, 3.8) is 0 Å². The number of nitrogens with zero attached hydrogens (tertiary/aromatic N) is 1. The monoisotopic (exact) mass is 239 g/mol. The predicted molar refractivity (Wildman–Crippen MR) is 73.4 cm³/mol. The van der Waals surface area contributed by atoms with Crippen LogP contribution in [0.4, 0.5) is 0 Å². The highest BCUT2D eigenvalue weighted by molar-refractivity contribution is 4.77. The zero-order valence-electron chi connectivity index (χ0n) is 11.4. The number of hydrogen-bond acceptors (Lipinski definition) is 3. The number of hydrogen-bond donors (Lipinski definition) is 2. The molecule has 0 spiro atoms. The van der Waals surface area contributed by atoms with Crippen LogP contribution in [0.2, 0.25) is 0 Å². The van der Waals surface area contributed by atoms with Gasteiger partial charge in [0.05, 0.1) is 0 Å². The van der Waals surface area contributed by atoms with Crippen LogP contribution in [-0.2, 0) is 0 Å². The first-order valence-electron chi connectivity index (χ1n) is 7.50. The Labute approximate surface area is 106 Å². The predicted octanol–water partition coefficient (Wildman–Crippen LogP) is 1.59. The van der Waals surface area contributed by atoms with E-state index in [0.717, 1.165) is 18.6 Å². The molecular weight excluding hydrogens is 210 g/mol. The number of nitrogens with one attached hydrogen (secondary N) is 2.